The average Bonchev–Trinajstić information content (AvgIpc) is 2.83. The van der Waals surface area contributed by atoms with Gasteiger partial charge in [-0.25, -0.2) is 0 Å². The van der Waals surface area contributed by atoms with Crippen LogP contribution in [0.15, 0.2) is 0 Å². The van der Waals surface area contributed by atoms with Gasteiger partial charge in [-0.3, -0.25) is 9.59 Å². The number of ether oxygens (including phenoxy) is 1. The molecule has 2 amide bonds. The normalized spacial score (nSPS) is 30.7. The molecule has 6 heteroatoms. The van der Waals surface area contributed by atoms with Crippen molar-refractivity contribution in [1.82, 2.24) is 10.2 Å². The average molecular weight is 272 g/mol. The molecule has 2 fully saturated rings. The maximum absolute atomic E-state index is 12.1. The SMILES string of the molecule is COCCCNC(=O)[C@@H]1CS[C@]2(C)CCC(=O)N12. The van der Waals surface area contributed by atoms with Gasteiger partial charge in [0, 0.05) is 32.4 Å². The first-order chi connectivity index (χ1) is 8.58. The molecule has 0 bridgehead atoms. The number of hydrogen-bond donors (Lipinski definition) is 1. The zero-order chi connectivity index (χ0) is 13.2. The summed E-state index contributed by atoms with van der Waals surface area (Å²) in [5, 5.41) is 2.88. The Morgan fingerprint density at radius 2 is 2.44 bits per heavy atom. The summed E-state index contributed by atoms with van der Waals surface area (Å²) < 4.78 is 4.93. The van der Waals surface area contributed by atoms with Gasteiger partial charge in [0.05, 0.1) is 4.87 Å². The molecule has 2 aliphatic heterocycles. The molecule has 0 aromatic heterocycles. The van der Waals surface area contributed by atoms with Gasteiger partial charge in [-0.2, -0.15) is 0 Å². The first-order valence-corrected chi connectivity index (χ1v) is 7.30. The number of thioether (sulfide) groups is 1. The topological polar surface area (TPSA) is 58.6 Å². The Balaban J connectivity index is 1.89. The van der Waals surface area contributed by atoms with Crippen LogP contribution in [0.5, 0.6) is 0 Å². The second-order valence-electron chi connectivity index (χ2n) is 4.90. The summed E-state index contributed by atoms with van der Waals surface area (Å²) in [5.41, 5.74) is 0. The lowest BCUT2D eigenvalue weighted by Crippen LogP contribution is -2.50. The van der Waals surface area contributed by atoms with Crippen LogP contribution in [0.4, 0.5) is 0 Å². The molecule has 2 atom stereocenters. The van der Waals surface area contributed by atoms with E-state index in [0.29, 0.717) is 25.3 Å². The molecular weight excluding hydrogens is 252 g/mol. The number of carbonyl (C=O) groups is 2. The molecule has 0 unspecified atom stereocenters. The quantitative estimate of drug-likeness (QED) is 0.744. The smallest absolute Gasteiger partial charge is 0.243 e. The van der Waals surface area contributed by atoms with Crippen LogP contribution in [-0.2, 0) is 14.3 Å². The zero-order valence-corrected chi connectivity index (χ0v) is 11.7. The number of amides is 2. The Labute approximate surface area is 112 Å². The van der Waals surface area contributed by atoms with Crippen molar-refractivity contribution in [1.29, 1.82) is 0 Å². The van der Waals surface area contributed by atoms with E-state index in [1.54, 1.807) is 23.8 Å². The molecule has 2 saturated heterocycles. The summed E-state index contributed by atoms with van der Waals surface area (Å²) in [5.74, 6) is 0.787. The fourth-order valence-corrected chi connectivity index (χ4v) is 3.99. The van der Waals surface area contributed by atoms with Crippen LogP contribution in [-0.4, -0.2) is 53.6 Å². The number of hydrogen-bond acceptors (Lipinski definition) is 4. The van der Waals surface area contributed by atoms with Crippen molar-refractivity contribution >= 4 is 23.6 Å². The van der Waals surface area contributed by atoms with E-state index in [4.69, 9.17) is 4.74 Å². The van der Waals surface area contributed by atoms with E-state index >= 15 is 0 Å². The first kappa shape index (κ1) is 13.7. The van der Waals surface area contributed by atoms with Crippen molar-refractivity contribution in [3.63, 3.8) is 0 Å². The van der Waals surface area contributed by atoms with Crippen molar-refractivity contribution in [3.8, 4) is 0 Å². The van der Waals surface area contributed by atoms with Crippen molar-refractivity contribution in [2.45, 2.75) is 37.1 Å². The van der Waals surface area contributed by atoms with Gasteiger partial charge in [0.15, 0.2) is 0 Å². The number of rotatable bonds is 5. The fraction of sp³-hybridized carbons (Fsp3) is 0.833. The van der Waals surface area contributed by atoms with Crippen LogP contribution < -0.4 is 5.32 Å². The zero-order valence-electron chi connectivity index (χ0n) is 10.9. The highest BCUT2D eigenvalue weighted by Gasteiger charge is 2.52. The van der Waals surface area contributed by atoms with Crippen molar-refractivity contribution in [3.05, 3.63) is 0 Å². The number of nitrogens with one attached hydrogen (secondary N) is 1. The summed E-state index contributed by atoms with van der Waals surface area (Å²) in [6.45, 7) is 3.30. The van der Waals surface area contributed by atoms with E-state index in [1.807, 2.05) is 0 Å². The predicted molar refractivity (Wildman–Crippen MR) is 70.2 cm³/mol. The number of carbonyl (C=O) groups excluding carboxylic acids is 2. The van der Waals surface area contributed by atoms with Crippen molar-refractivity contribution < 1.29 is 14.3 Å². The van der Waals surface area contributed by atoms with Crippen LogP contribution in [0.1, 0.15) is 26.2 Å². The van der Waals surface area contributed by atoms with Gasteiger partial charge in [-0.1, -0.05) is 0 Å². The van der Waals surface area contributed by atoms with E-state index in [-0.39, 0.29) is 22.7 Å². The van der Waals surface area contributed by atoms with Crippen molar-refractivity contribution in [2.75, 3.05) is 26.0 Å². The number of methoxy groups -OCH3 is 1. The third-order valence-corrected chi connectivity index (χ3v) is 5.08. The van der Waals surface area contributed by atoms with Crippen LogP contribution >= 0.6 is 11.8 Å². The van der Waals surface area contributed by atoms with Crippen LogP contribution in [0, 0.1) is 0 Å². The molecular formula is C12H20N2O3S. The fourth-order valence-electron chi connectivity index (χ4n) is 2.56. The molecule has 0 aromatic rings. The van der Waals surface area contributed by atoms with Crippen LogP contribution in [0.2, 0.25) is 0 Å². The van der Waals surface area contributed by atoms with Gasteiger partial charge in [-0.05, 0) is 19.8 Å². The summed E-state index contributed by atoms with van der Waals surface area (Å²) in [4.78, 5) is 25.6. The highest BCUT2D eigenvalue weighted by atomic mass is 32.2. The summed E-state index contributed by atoms with van der Waals surface area (Å²) in [6, 6.07) is -0.294. The summed E-state index contributed by atoms with van der Waals surface area (Å²) >= 11 is 1.72. The van der Waals surface area contributed by atoms with E-state index in [2.05, 4.69) is 12.2 Å². The van der Waals surface area contributed by atoms with E-state index in [1.165, 1.54) is 0 Å². The standard InChI is InChI=1S/C12H20N2O3S/c1-12-5-4-10(15)14(12)9(8-18-12)11(16)13-6-3-7-17-2/h9H,3-8H2,1-2H3,(H,13,16)/t9-,12+/m0/s1. The van der Waals surface area contributed by atoms with Gasteiger partial charge in [0.1, 0.15) is 6.04 Å². The van der Waals surface area contributed by atoms with E-state index < -0.39 is 0 Å². The highest BCUT2D eigenvalue weighted by molar-refractivity contribution is 8.01. The third kappa shape index (κ3) is 2.49. The van der Waals surface area contributed by atoms with Gasteiger partial charge < -0.3 is 15.0 Å². The monoisotopic (exact) mass is 272 g/mol. The lowest BCUT2D eigenvalue weighted by Gasteiger charge is -2.29. The molecule has 0 aliphatic carbocycles. The second-order valence-corrected chi connectivity index (χ2v) is 6.40. The Hall–Kier alpha value is -0.750. The Bertz CT molecular complexity index is 350. The number of nitrogens with zero attached hydrogens (tertiary/aromatic N) is 1. The van der Waals surface area contributed by atoms with Crippen molar-refractivity contribution in [2.24, 2.45) is 0 Å². The molecule has 0 spiro atoms. The maximum atomic E-state index is 12.1. The van der Waals surface area contributed by atoms with E-state index in [9.17, 15) is 9.59 Å². The Morgan fingerprint density at radius 3 is 3.17 bits per heavy atom. The van der Waals surface area contributed by atoms with Gasteiger partial charge >= 0.3 is 0 Å². The minimum atomic E-state index is -0.294. The molecule has 2 aliphatic rings. The molecule has 102 valence electrons. The minimum absolute atomic E-state index is 0.0300. The van der Waals surface area contributed by atoms with Gasteiger partial charge in [0.2, 0.25) is 11.8 Å². The maximum Gasteiger partial charge on any atom is 0.243 e. The van der Waals surface area contributed by atoms with Gasteiger partial charge in [-0.15, -0.1) is 11.8 Å². The van der Waals surface area contributed by atoms with Crippen LogP contribution in [0.25, 0.3) is 0 Å². The lowest BCUT2D eigenvalue weighted by molar-refractivity contribution is -0.137. The predicted octanol–water partition coefficient (Wildman–Crippen LogP) is 0.593. The Morgan fingerprint density at radius 1 is 1.67 bits per heavy atom. The molecule has 0 radical (unpaired) electrons. The molecule has 0 saturated carbocycles. The largest absolute Gasteiger partial charge is 0.385 e. The number of fused-ring (bicyclic) bond motifs is 1. The summed E-state index contributed by atoms with van der Waals surface area (Å²) in [7, 11) is 1.64. The second kappa shape index (κ2) is 5.48. The molecule has 18 heavy (non-hydrogen) atoms. The summed E-state index contributed by atoms with van der Waals surface area (Å²) in [6.07, 6.45) is 2.22. The van der Waals surface area contributed by atoms with E-state index in [0.717, 1.165) is 12.8 Å². The molecule has 5 nitrogen and oxygen atoms in total. The van der Waals surface area contributed by atoms with Gasteiger partial charge in [0.25, 0.3) is 0 Å². The molecule has 2 heterocycles. The Kier molecular flexibility index (Phi) is 4.17. The molecule has 0 aromatic carbocycles. The third-order valence-electron chi connectivity index (χ3n) is 3.57. The lowest BCUT2D eigenvalue weighted by atomic mass is 10.2. The highest BCUT2D eigenvalue weighted by Crippen LogP contribution is 2.47. The van der Waals surface area contributed by atoms with Crippen LogP contribution in [0.3, 0.4) is 0 Å². The molecule has 2 rings (SSSR count). The first-order valence-electron chi connectivity index (χ1n) is 6.31. The molecule has 1 N–H and O–H groups in total. The minimum Gasteiger partial charge on any atom is -0.385 e.